The molecule has 0 spiro atoms. The van der Waals surface area contributed by atoms with E-state index >= 15 is 0 Å². The number of hydrogen-bond donors (Lipinski definition) is 2. The van der Waals surface area contributed by atoms with Crippen molar-refractivity contribution in [2.24, 2.45) is 11.7 Å². The van der Waals surface area contributed by atoms with Crippen LogP contribution < -0.4 is 10.5 Å². The van der Waals surface area contributed by atoms with Crippen molar-refractivity contribution in [2.75, 3.05) is 13.7 Å². The second-order valence-corrected chi connectivity index (χ2v) is 9.07. The van der Waals surface area contributed by atoms with E-state index in [1.54, 1.807) is 6.07 Å². The first-order valence-electron chi connectivity index (χ1n) is 10.8. The minimum absolute atomic E-state index is 0.0734. The van der Waals surface area contributed by atoms with E-state index in [0.29, 0.717) is 17.6 Å². The molecule has 0 aliphatic heterocycles. The topological polar surface area (TPSA) is 55.5 Å². The van der Waals surface area contributed by atoms with E-state index in [1.165, 1.54) is 23.8 Å². The predicted molar refractivity (Wildman–Crippen MR) is 114 cm³/mol. The van der Waals surface area contributed by atoms with Gasteiger partial charge in [0.2, 0.25) is 0 Å². The molecule has 0 radical (unpaired) electrons. The van der Waals surface area contributed by atoms with Gasteiger partial charge in [-0.3, -0.25) is 0 Å². The molecule has 0 unspecified atom stereocenters. The number of methoxy groups -OCH3 is 1. The molecule has 3 atom stereocenters. The Morgan fingerprint density at radius 1 is 1.21 bits per heavy atom. The highest BCUT2D eigenvalue weighted by molar-refractivity contribution is 5.37. The largest absolute Gasteiger partial charge is 0.494 e. The molecule has 0 bridgehead atoms. The molecule has 2 aliphatic carbocycles. The Morgan fingerprint density at radius 3 is 2.83 bits per heavy atom. The van der Waals surface area contributed by atoms with Gasteiger partial charge >= 0.3 is 0 Å². The maximum absolute atomic E-state index is 14.4. The normalized spacial score (nSPS) is 26.3. The van der Waals surface area contributed by atoms with Gasteiger partial charge in [-0.05, 0) is 91.5 Å². The summed E-state index contributed by atoms with van der Waals surface area (Å²) in [6.45, 7) is 0.0734. The minimum Gasteiger partial charge on any atom is -0.494 e. The van der Waals surface area contributed by atoms with Crippen molar-refractivity contribution in [3.63, 3.8) is 0 Å². The molecule has 2 aromatic rings. The van der Waals surface area contributed by atoms with Gasteiger partial charge in [0.25, 0.3) is 0 Å². The van der Waals surface area contributed by atoms with Crippen molar-refractivity contribution in [1.29, 1.82) is 0 Å². The Hall–Kier alpha value is -1.91. The maximum atomic E-state index is 14.4. The zero-order valence-electron chi connectivity index (χ0n) is 17.3. The Balaban J connectivity index is 1.38. The molecular formula is C25H32FNO2. The number of rotatable bonds is 6. The number of benzene rings is 2. The van der Waals surface area contributed by atoms with Crippen molar-refractivity contribution >= 4 is 0 Å². The van der Waals surface area contributed by atoms with Gasteiger partial charge in [-0.2, -0.15) is 0 Å². The lowest BCUT2D eigenvalue weighted by atomic mass is 9.79. The molecule has 0 heterocycles. The molecule has 29 heavy (non-hydrogen) atoms. The molecule has 2 aromatic carbocycles. The van der Waals surface area contributed by atoms with E-state index in [9.17, 15) is 9.50 Å². The first-order chi connectivity index (χ1) is 14.0. The molecule has 4 rings (SSSR count). The highest BCUT2D eigenvalue weighted by Crippen LogP contribution is 2.41. The van der Waals surface area contributed by atoms with Gasteiger partial charge in [0, 0.05) is 5.54 Å². The molecule has 1 saturated carbocycles. The van der Waals surface area contributed by atoms with Gasteiger partial charge in [0.15, 0.2) is 11.6 Å². The molecule has 156 valence electrons. The lowest BCUT2D eigenvalue weighted by Crippen LogP contribution is -2.40. The summed E-state index contributed by atoms with van der Waals surface area (Å²) in [6.07, 6.45) is 7.90. The van der Waals surface area contributed by atoms with E-state index in [0.717, 1.165) is 56.9 Å². The summed E-state index contributed by atoms with van der Waals surface area (Å²) in [6, 6.07) is 12.3. The third-order valence-corrected chi connectivity index (χ3v) is 7.08. The lowest BCUT2D eigenvalue weighted by molar-refractivity contribution is 0.198. The third kappa shape index (κ3) is 4.34. The average Bonchev–Trinajstić information content (AvgIpc) is 3.15. The molecular weight excluding hydrogens is 365 g/mol. The fourth-order valence-corrected chi connectivity index (χ4v) is 5.20. The van der Waals surface area contributed by atoms with Crippen LogP contribution >= 0.6 is 0 Å². The van der Waals surface area contributed by atoms with Crippen molar-refractivity contribution in [3.8, 4) is 5.75 Å². The Morgan fingerprint density at radius 2 is 2.07 bits per heavy atom. The van der Waals surface area contributed by atoms with Crippen LogP contribution in [0.3, 0.4) is 0 Å². The minimum atomic E-state index is -0.402. The fraction of sp³-hybridized carbons (Fsp3) is 0.520. The first kappa shape index (κ1) is 20.4. The molecule has 3 nitrogen and oxygen atoms in total. The summed E-state index contributed by atoms with van der Waals surface area (Å²) in [4.78, 5) is 0. The number of aryl methyl sites for hydroxylation is 2. The zero-order valence-corrected chi connectivity index (χ0v) is 17.3. The monoisotopic (exact) mass is 397 g/mol. The molecule has 2 aliphatic rings. The number of aliphatic hydroxyl groups excluding tert-OH is 1. The van der Waals surface area contributed by atoms with Crippen LogP contribution in [0.15, 0.2) is 36.4 Å². The van der Waals surface area contributed by atoms with Crippen LogP contribution in [0.4, 0.5) is 4.39 Å². The second-order valence-electron chi connectivity index (χ2n) is 9.07. The van der Waals surface area contributed by atoms with E-state index in [-0.39, 0.29) is 12.4 Å². The van der Waals surface area contributed by atoms with Crippen LogP contribution in [-0.4, -0.2) is 24.4 Å². The highest BCUT2D eigenvalue weighted by atomic mass is 19.1. The third-order valence-electron chi connectivity index (χ3n) is 7.08. The molecule has 3 N–H and O–H groups in total. The van der Waals surface area contributed by atoms with Gasteiger partial charge in [-0.1, -0.05) is 30.3 Å². The molecule has 4 heteroatoms. The van der Waals surface area contributed by atoms with Crippen LogP contribution in [0, 0.1) is 11.7 Å². The fourth-order valence-electron chi connectivity index (χ4n) is 5.20. The number of aliphatic hydroxyl groups is 1. The SMILES string of the molecule is COc1cccc(CC[C@@H]2CCc3cc([C@H]4CC[C@](N)(CO)C4)ccc3C2)c1F. The molecule has 0 aromatic heterocycles. The van der Waals surface area contributed by atoms with Gasteiger partial charge in [-0.25, -0.2) is 4.39 Å². The summed E-state index contributed by atoms with van der Waals surface area (Å²) in [7, 11) is 1.51. The van der Waals surface area contributed by atoms with Crippen LogP contribution in [0.25, 0.3) is 0 Å². The Bertz CT molecular complexity index is 868. The molecule has 0 saturated heterocycles. The van der Waals surface area contributed by atoms with E-state index in [2.05, 4.69) is 18.2 Å². The van der Waals surface area contributed by atoms with Crippen LogP contribution in [-0.2, 0) is 19.3 Å². The highest BCUT2D eigenvalue weighted by Gasteiger charge is 2.36. The number of nitrogens with two attached hydrogens (primary N) is 1. The van der Waals surface area contributed by atoms with Crippen molar-refractivity contribution in [3.05, 3.63) is 64.5 Å². The Labute approximate surface area is 173 Å². The van der Waals surface area contributed by atoms with Crippen LogP contribution in [0.1, 0.15) is 60.3 Å². The predicted octanol–water partition coefficient (Wildman–Crippen LogP) is 4.53. The summed E-state index contributed by atoms with van der Waals surface area (Å²) in [5.41, 5.74) is 10.9. The summed E-state index contributed by atoms with van der Waals surface area (Å²) in [5.74, 6) is 1.17. The van der Waals surface area contributed by atoms with Crippen LogP contribution in [0.5, 0.6) is 5.75 Å². The van der Waals surface area contributed by atoms with E-state index in [1.807, 2.05) is 12.1 Å². The Kier molecular flexibility index (Phi) is 5.93. The van der Waals surface area contributed by atoms with Gasteiger partial charge in [0.1, 0.15) is 0 Å². The standard InChI is InChI=1S/C25H32FNO2/c1-29-23-4-2-3-18(24(23)26)7-5-17-6-8-20-14-21(10-9-19(20)13-17)22-11-12-25(27,15-22)16-28/h2-4,9-10,14,17,22,28H,5-8,11-13,15-16,27H2,1H3/t17-,22+,25-/m1/s1. The smallest absolute Gasteiger partial charge is 0.168 e. The van der Waals surface area contributed by atoms with Crippen LogP contribution in [0.2, 0.25) is 0 Å². The first-order valence-corrected chi connectivity index (χ1v) is 10.8. The van der Waals surface area contributed by atoms with E-state index < -0.39 is 5.54 Å². The van der Waals surface area contributed by atoms with Crippen molar-refractivity contribution in [1.82, 2.24) is 0 Å². The van der Waals surface area contributed by atoms with Crippen molar-refractivity contribution < 1.29 is 14.2 Å². The van der Waals surface area contributed by atoms with Gasteiger partial charge in [0.05, 0.1) is 13.7 Å². The molecule has 1 fully saturated rings. The summed E-state index contributed by atoms with van der Waals surface area (Å²) < 4.78 is 19.5. The number of hydrogen-bond acceptors (Lipinski definition) is 3. The number of fused-ring (bicyclic) bond motifs is 1. The summed E-state index contributed by atoms with van der Waals surface area (Å²) >= 11 is 0. The van der Waals surface area contributed by atoms with Gasteiger partial charge in [-0.15, -0.1) is 0 Å². The number of ether oxygens (including phenoxy) is 1. The van der Waals surface area contributed by atoms with Crippen molar-refractivity contribution in [2.45, 2.75) is 62.8 Å². The number of halogens is 1. The maximum Gasteiger partial charge on any atom is 0.168 e. The zero-order chi connectivity index (χ0) is 20.4. The summed E-state index contributed by atoms with van der Waals surface area (Å²) in [5, 5.41) is 9.54. The average molecular weight is 398 g/mol. The second kappa shape index (κ2) is 8.45. The quantitative estimate of drug-likeness (QED) is 0.753. The van der Waals surface area contributed by atoms with Gasteiger partial charge < -0.3 is 15.6 Å². The lowest BCUT2D eigenvalue weighted by Gasteiger charge is -2.26. The van der Waals surface area contributed by atoms with E-state index in [4.69, 9.17) is 10.5 Å². The molecule has 0 amide bonds.